The fourth-order valence-electron chi connectivity index (χ4n) is 1.12. The van der Waals surface area contributed by atoms with Crippen LogP contribution in [0.25, 0.3) is 0 Å². The van der Waals surface area contributed by atoms with Gasteiger partial charge in [-0.2, -0.15) is 0 Å². The van der Waals surface area contributed by atoms with Crippen molar-refractivity contribution in [3.8, 4) is 0 Å². The number of aryl methyl sites for hydroxylation is 2. The summed E-state index contributed by atoms with van der Waals surface area (Å²) in [5, 5.41) is 0.496. The van der Waals surface area contributed by atoms with Crippen molar-refractivity contribution in [2.45, 2.75) is 26.1 Å². The summed E-state index contributed by atoms with van der Waals surface area (Å²) < 4.78 is 2.19. The summed E-state index contributed by atoms with van der Waals surface area (Å²) in [6.45, 7) is 6.25. The highest BCUT2D eigenvalue weighted by molar-refractivity contribution is 7.98. The van der Waals surface area contributed by atoms with Gasteiger partial charge >= 0.3 is 0 Å². The Morgan fingerprint density at radius 1 is 1.55 bits per heavy atom. The minimum atomic E-state index is 0.496. The van der Waals surface area contributed by atoms with Gasteiger partial charge in [-0.3, -0.25) is 0 Å². The lowest BCUT2D eigenvalue weighted by atomic mass is 10.5. The molecule has 62 valence electrons. The van der Waals surface area contributed by atoms with Gasteiger partial charge in [-0.05, 0) is 27.0 Å². The maximum absolute atomic E-state index is 4.33. The molecule has 0 aliphatic heterocycles. The summed E-state index contributed by atoms with van der Waals surface area (Å²) in [4.78, 5) is 4.33. The van der Waals surface area contributed by atoms with E-state index in [1.165, 1.54) is 0 Å². The third kappa shape index (κ3) is 1.77. The molecule has 1 aromatic heterocycles. The Morgan fingerprint density at radius 2 is 2.18 bits per heavy atom. The van der Waals surface area contributed by atoms with Crippen LogP contribution in [0.2, 0.25) is 0 Å². The quantitative estimate of drug-likeness (QED) is 0.678. The lowest BCUT2D eigenvalue weighted by Gasteiger charge is -2.10. The van der Waals surface area contributed by atoms with Crippen LogP contribution in [-0.4, -0.2) is 15.8 Å². The van der Waals surface area contributed by atoms with E-state index in [0.29, 0.717) is 5.37 Å². The molecule has 1 aromatic rings. The van der Waals surface area contributed by atoms with Crippen LogP contribution in [0.1, 0.15) is 23.8 Å². The first-order valence-electron chi connectivity index (χ1n) is 3.70. The molecular formula is C8H14N2S. The van der Waals surface area contributed by atoms with E-state index in [0.717, 1.165) is 11.5 Å². The van der Waals surface area contributed by atoms with Crippen molar-refractivity contribution < 1.29 is 0 Å². The Bertz CT molecular complexity index is 242. The third-order valence-corrected chi connectivity index (χ3v) is 2.68. The molecule has 0 aliphatic rings. The second kappa shape index (κ2) is 3.30. The van der Waals surface area contributed by atoms with E-state index in [4.69, 9.17) is 0 Å². The summed E-state index contributed by atoms with van der Waals surface area (Å²) in [7, 11) is 0. The van der Waals surface area contributed by atoms with Gasteiger partial charge in [0.25, 0.3) is 0 Å². The SMILES string of the molecule is CSC(C)n1cc(C)nc1C. The number of rotatable bonds is 2. The molecule has 1 atom stereocenters. The zero-order valence-corrected chi connectivity index (χ0v) is 8.27. The van der Waals surface area contributed by atoms with E-state index in [2.05, 4.69) is 28.9 Å². The average molecular weight is 170 g/mol. The van der Waals surface area contributed by atoms with Gasteiger partial charge in [0.2, 0.25) is 0 Å². The second-order valence-electron chi connectivity index (χ2n) is 2.67. The molecule has 11 heavy (non-hydrogen) atoms. The van der Waals surface area contributed by atoms with Crippen molar-refractivity contribution in [3.63, 3.8) is 0 Å². The minimum absolute atomic E-state index is 0.496. The molecule has 1 unspecified atom stereocenters. The minimum Gasteiger partial charge on any atom is -0.323 e. The first kappa shape index (κ1) is 8.65. The molecule has 0 aromatic carbocycles. The Hall–Kier alpha value is -0.440. The van der Waals surface area contributed by atoms with Gasteiger partial charge in [-0.25, -0.2) is 4.98 Å². The number of nitrogens with zero attached hydrogens (tertiary/aromatic N) is 2. The first-order valence-corrected chi connectivity index (χ1v) is 4.99. The van der Waals surface area contributed by atoms with Gasteiger partial charge in [0.15, 0.2) is 0 Å². The van der Waals surface area contributed by atoms with Crippen LogP contribution >= 0.6 is 11.8 Å². The number of imidazole rings is 1. The fraction of sp³-hybridized carbons (Fsp3) is 0.625. The number of thioether (sulfide) groups is 1. The molecule has 0 N–H and O–H groups in total. The van der Waals surface area contributed by atoms with Crippen molar-refractivity contribution >= 4 is 11.8 Å². The van der Waals surface area contributed by atoms with Crippen molar-refractivity contribution in [1.82, 2.24) is 9.55 Å². The van der Waals surface area contributed by atoms with Crippen molar-refractivity contribution in [2.24, 2.45) is 0 Å². The van der Waals surface area contributed by atoms with Gasteiger partial charge in [-0.1, -0.05) is 0 Å². The van der Waals surface area contributed by atoms with Crippen LogP contribution in [0, 0.1) is 13.8 Å². The second-order valence-corrected chi connectivity index (χ2v) is 3.83. The van der Waals surface area contributed by atoms with E-state index < -0.39 is 0 Å². The summed E-state index contributed by atoms with van der Waals surface area (Å²) in [6, 6.07) is 0. The molecule has 0 bridgehead atoms. The van der Waals surface area contributed by atoms with Crippen LogP contribution in [0.15, 0.2) is 6.20 Å². The summed E-state index contributed by atoms with van der Waals surface area (Å²) in [5.41, 5.74) is 1.10. The van der Waals surface area contributed by atoms with Crippen LogP contribution < -0.4 is 0 Å². The van der Waals surface area contributed by atoms with E-state index >= 15 is 0 Å². The lowest BCUT2D eigenvalue weighted by Crippen LogP contribution is -2.00. The van der Waals surface area contributed by atoms with E-state index in [1.54, 1.807) is 0 Å². The highest BCUT2D eigenvalue weighted by atomic mass is 32.2. The number of hydrogen-bond donors (Lipinski definition) is 0. The van der Waals surface area contributed by atoms with Crippen molar-refractivity contribution in [2.75, 3.05) is 6.26 Å². The van der Waals surface area contributed by atoms with Gasteiger partial charge < -0.3 is 4.57 Å². The molecule has 2 nitrogen and oxygen atoms in total. The zero-order chi connectivity index (χ0) is 8.43. The smallest absolute Gasteiger partial charge is 0.106 e. The summed E-state index contributed by atoms with van der Waals surface area (Å²) >= 11 is 1.83. The topological polar surface area (TPSA) is 17.8 Å². The van der Waals surface area contributed by atoms with Crippen LogP contribution in [0.5, 0.6) is 0 Å². The van der Waals surface area contributed by atoms with Crippen molar-refractivity contribution in [1.29, 1.82) is 0 Å². The molecule has 3 heteroatoms. The largest absolute Gasteiger partial charge is 0.323 e. The summed E-state index contributed by atoms with van der Waals surface area (Å²) in [6.07, 6.45) is 4.20. The molecule has 0 saturated heterocycles. The lowest BCUT2D eigenvalue weighted by molar-refractivity contribution is 0.711. The van der Waals surface area contributed by atoms with E-state index in [1.807, 2.05) is 25.6 Å². The molecule has 1 heterocycles. The van der Waals surface area contributed by atoms with Crippen LogP contribution in [0.3, 0.4) is 0 Å². The maximum atomic E-state index is 4.33. The molecule has 0 amide bonds. The average Bonchev–Trinajstić information content (AvgIpc) is 2.28. The number of hydrogen-bond acceptors (Lipinski definition) is 2. The number of aromatic nitrogens is 2. The fourth-order valence-corrected chi connectivity index (χ4v) is 1.56. The molecule has 1 rings (SSSR count). The van der Waals surface area contributed by atoms with Gasteiger partial charge in [0.1, 0.15) is 5.82 Å². The Kier molecular flexibility index (Phi) is 2.60. The van der Waals surface area contributed by atoms with Gasteiger partial charge in [-0.15, -0.1) is 11.8 Å². The standard InChI is InChI=1S/C8H14N2S/c1-6-5-10(7(2)9-6)8(3)11-4/h5,8H,1-4H3. The molecule has 0 fully saturated rings. The zero-order valence-electron chi connectivity index (χ0n) is 7.46. The van der Waals surface area contributed by atoms with Gasteiger partial charge in [0, 0.05) is 6.20 Å². The Labute approximate surface area is 72.0 Å². The van der Waals surface area contributed by atoms with Gasteiger partial charge in [0.05, 0.1) is 11.1 Å². The molecule has 0 radical (unpaired) electrons. The summed E-state index contributed by atoms with van der Waals surface area (Å²) in [5.74, 6) is 1.10. The maximum Gasteiger partial charge on any atom is 0.106 e. The molecular weight excluding hydrogens is 156 g/mol. The first-order chi connectivity index (χ1) is 5.15. The monoisotopic (exact) mass is 170 g/mol. The van der Waals surface area contributed by atoms with Crippen LogP contribution in [0.4, 0.5) is 0 Å². The predicted octanol–water partition coefficient (Wildman–Crippen LogP) is 2.38. The van der Waals surface area contributed by atoms with E-state index in [9.17, 15) is 0 Å². The Morgan fingerprint density at radius 3 is 2.55 bits per heavy atom. The Balaban J connectivity index is 2.93. The normalized spacial score (nSPS) is 13.5. The molecule has 0 saturated carbocycles. The highest BCUT2D eigenvalue weighted by Crippen LogP contribution is 2.20. The van der Waals surface area contributed by atoms with Crippen LogP contribution in [-0.2, 0) is 0 Å². The third-order valence-electron chi connectivity index (χ3n) is 1.77. The highest BCUT2D eigenvalue weighted by Gasteiger charge is 2.05. The van der Waals surface area contributed by atoms with Crippen molar-refractivity contribution in [3.05, 3.63) is 17.7 Å². The van der Waals surface area contributed by atoms with E-state index in [-0.39, 0.29) is 0 Å². The predicted molar refractivity (Wildman–Crippen MR) is 49.9 cm³/mol. The molecule has 0 spiro atoms. The molecule has 0 aliphatic carbocycles.